The number of hydrogen-bond donors (Lipinski definition) is 3. The van der Waals surface area contributed by atoms with Crippen molar-refractivity contribution in [1.29, 1.82) is 0 Å². The first-order valence-electron chi connectivity index (χ1n) is 23.2. The van der Waals surface area contributed by atoms with Crippen LogP contribution in [0.15, 0.2) is 66.9 Å². The molecule has 3 aromatic carbocycles. The van der Waals surface area contributed by atoms with Gasteiger partial charge in [0.1, 0.15) is 35.7 Å². The highest BCUT2D eigenvalue weighted by Gasteiger charge is 2.51. The van der Waals surface area contributed by atoms with Crippen molar-refractivity contribution in [2.45, 2.75) is 62.7 Å². The molecule has 3 N–H and O–H groups in total. The number of esters is 1. The summed E-state index contributed by atoms with van der Waals surface area (Å²) < 4.78 is 54.3. The first-order chi connectivity index (χ1) is 33.4. The van der Waals surface area contributed by atoms with Gasteiger partial charge in [0.05, 0.1) is 44.3 Å². The smallest absolute Gasteiger partial charge is 0.334 e. The quantitative estimate of drug-likeness (QED) is 0.0695. The fourth-order valence-electron chi connectivity index (χ4n) is 9.97. The zero-order valence-electron chi connectivity index (χ0n) is 39.0. The van der Waals surface area contributed by atoms with Gasteiger partial charge in [0, 0.05) is 86.3 Å². The van der Waals surface area contributed by atoms with Gasteiger partial charge in [-0.25, -0.2) is 18.6 Å². The van der Waals surface area contributed by atoms with Crippen molar-refractivity contribution in [3.8, 4) is 11.5 Å². The lowest BCUT2D eigenvalue weighted by Gasteiger charge is -2.43. The zero-order chi connectivity index (χ0) is 49.5. The molecule has 5 aliphatic heterocycles. The van der Waals surface area contributed by atoms with Crippen LogP contribution < -0.4 is 35.6 Å². The number of piperazine rings is 1. The lowest BCUT2D eigenvalue weighted by Crippen LogP contribution is -2.55. The number of alkyl halides is 2. The molecule has 0 saturated carbocycles. The Morgan fingerprint density at radius 1 is 0.929 bits per heavy atom. The summed E-state index contributed by atoms with van der Waals surface area (Å²) >= 11 is 6.48. The van der Waals surface area contributed by atoms with E-state index >= 15 is 0 Å². The van der Waals surface area contributed by atoms with Crippen LogP contribution in [0.4, 0.5) is 37.6 Å². The first kappa shape index (κ1) is 48.8. The molecule has 1 aromatic heterocycles. The van der Waals surface area contributed by atoms with Crippen LogP contribution in [-0.2, 0) is 30.3 Å². The van der Waals surface area contributed by atoms with Crippen molar-refractivity contribution in [1.82, 2.24) is 34.9 Å². The number of aromatic nitrogens is 2. The third-order valence-electron chi connectivity index (χ3n) is 13.6. The van der Waals surface area contributed by atoms with Crippen LogP contribution >= 0.6 is 18.7 Å². The van der Waals surface area contributed by atoms with E-state index in [2.05, 4.69) is 35.7 Å². The number of likely N-dealkylation sites (tertiary alicyclic amines) is 1. The SMILES string of the molecule is COc1cc(N2CCC(N3CCN(CC(=O)N4CC(F)(F)C[C@H]4C(=O)Oc4cccc5c4CN(C4CCC(=O)NC4=O)C5=O)CC3)CC2)ccc1Nc1ncc(Cl)c(Nc2ccccc2P(C)(C)=O)n1. The number of methoxy groups -OCH3 is 1. The van der Waals surface area contributed by atoms with Crippen molar-refractivity contribution in [2.24, 2.45) is 0 Å². The van der Waals surface area contributed by atoms with Gasteiger partial charge in [-0.3, -0.25) is 34.3 Å². The Kier molecular flexibility index (Phi) is 13.9. The number of benzene rings is 3. The summed E-state index contributed by atoms with van der Waals surface area (Å²) in [6, 6.07) is 15.6. The molecule has 6 heterocycles. The third kappa shape index (κ3) is 10.5. The maximum absolute atomic E-state index is 15.0. The normalized spacial score (nSPS) is 21.1. The molecule has 4 saturated heterocycles. The number of nitrogens with zero attached hydrogens (tertiary/aromatic N) is 7. The molecule has 22 heteroatoms. The van der Waals surface area contributed by atoms with Crippen molar-refractivity contribution in [3.05, 3.63) is 83.0 Å². The van der Waals surface area contributed by atoms with E-state index in [9.17, 15) is 37.3 Å². The van der Waals surface area contributed by atoms with Gasteiger partial charge in [-0.1, -0.05) is 29.8 Å². The van der Waals surface area contributed by atoms with E-state index < -0.39 is 67.7 Å². The summed E-state index contributed by atoms with van der Waals surface area (Å²) in [5.41, 5.74) is 2.82. The fraction of sp³-hybridized carbons (Fsp3) is 0.438. The summed E-state index contributed by atoms with van der Waals surface area (Å²) in [7, 11) is -0.994. The fourth-order valence-corrected chi connectivity index (χ4v) is 11.3. The molecule has 9 rings (SSSR count). The molecule has 0 spiro atoms. The average molecular weight is 1000 g/mol. The van der Waals surface area contributed by atoms with E-state index in [-0.39, 0.29) is 43.2 Å². The molecule has 5 aliphatic rings. The predicted molar refractivity (Wildman–Crippen MR) is 259 cm³/mol. The molecule has 0 aliphatic carbocycles. The molecule has 4 fully saturated rings. The summed E-state index contributed by atoms with van der Waals surface area (Å²) in [4.78, 5) is 82.7. The van der Waals surface area contributed by atoms with Gasteiger partial charge in [-0.2, -0.15) is 4.98 Å². The Labute approximate surface area is 408 Å². The highest BCUT2D eigenvalue weighted by atomic mass is 35.5. The number of para-hydroxylation sites is 1. The molecule has 0 bridgehead atoms. The number of piperidine rings is 2. The maximum atomic E-state index is 15.0. The predicted octanol–water partition coefficient (Wildman–Crippen LogP) is 5.06. The van der Waals surface area contributed by atoms with Gasteiger partial charge >= 0.3 is 5.97 Å². The number of imide groups is 1. The third-order valence-corrected chi connectivity index (χ3v) is 15.5. The van der Waals surface area contributed by atoms with Crippen LogP contribution in [0.2, 0.25) is 5.02 Å². The van der Waals surface area contributed by atoms with Gasteiger partial charge in [0.2, 0.25) is 23.7 Å². The highest BCUT2D eigenvalue weighted by Crippen LogP contribution is 2.40. The summed E-state index contributed by atoms with van der Waals surface area (Å²) in [6.07, 6.45) is 2.62. The van der Waals surface area contributed by atoms with Crippen molar-refractivity contribution >= 4 is 82.5 Å². The highest BCUT2D eigenvalue weighted by molar-refractivity contribution is 7.70. The molecule has 4 aromatic rings. The maximum Gasteiger partial charge on any atom is 0.334 e. The summed E-state index contributed by atoms with van der Waals surface area (Å²) in [5.74, 6) is -5.21. The second-order valence-corrected chi connectivity index (χ2v) is 22.2. The number of carbonyl (C=O) groups excluding carboxylic acids is 5. The molecule has 70 heavy (non-hydrogen) atoms. The van der Waals surface area contributed by atoms with E-state index in [1.165, 1.54) is 29.3 Å². The standard InChI is InChI=1S/C48H54ClF2N10O8P/c1-68-39-23-30(11-12-34(39)54-47-52-25-33(49)43(56-47)53-35-8-4-5-10-40(35)70(2,3)67)58-17-15-29(16-18-58)59-21-19-57(20-22-59)27-42(63)61-28-48(50,51)24-37(61)46(66)69-38-9-6-7-31-32(38)26-60(45(31)65)36-13-14-41(62)55-44(36)64/h4-12,23,25,29,36-37H,13-22,24,26-28H2,1-3H3,(H,55,62,64)(H2,52,53,54,56)/t36?,37-/m0/s1. The van der Waals surface area contributed by atoms with Crippen molar-refractivity contribution in [3.63, 3.8) is 0 Å². The monoisotopic (exact) mass is 1000 g/mol. The molecular weight excluding hydrogens is 949 g/mol. The number of ether oxygens (including phenoxy) is 2. The zero-order valence-corrected chi connectivity index (χ0v) is 40.6. The number of halogens is 3. The van der Waals surface area contributed by atoms with Gasteiger partial charge in [-0.05, 0) is 69.0 Å². The van der Waals surface area contributed by atoms with E-state index in [4.69, 9.17) is 21.1 Å². The minimum atomic E-state index is -3.31. The summed E-state index contributed by atoms with van der Waals surface area (Å²) in [6.45, 7) is 6.37. The van der Waals surface area contributed by atoms with Crippen LogP contribution in [0, 0.1) is 0 Å². The van der Waals surface area contributed by atoms with Gasteiger partial charge in [-0.15, -0.1) is 0 Å². The minimum Gasteiger partial charge on any atom is -0.494 e. The minimum absolute atomic E-state index is 0.0129. The number of nitrogens with one attached hydrogen (secondary N) is 3. The largest absolute Gasteiger partial charge is 0.494 e. The van der Waals surface area contributed by atoms with Crippen molar-refractivity contribution in [2.75, 3.05) is 88.3 Å². The Morgan fingerprint density at radius 3 is 2.41 bits per heavy atom. The van der Waals surface area contributed by atoms with E-state index in [1.54, 1.807) is 20.4 Å². The second kappa shape index (κ2) is 19.9. The molecule has 18 nitrogen and oxygen atoms in total. The van der Waals surface area contributed by atoms with Gasteiger partial charge in [0.15, 0.2) is 5.82 Å². The summed E-state index contributed by atoms with van der Waals surface area (Å²) in [5, 5.41) is 9.68. The second-order valence-electron chi connectivity index (χ2n) is 18.6. The average Bonchev–Trinajstić information content (AvgIpc) is 3.86. The topological polar surface area (TPSA) is 199 Å². The van der Waals surface area contributed by atoms with Crippen LogP contribution in [-0.4, -0.2) is 156 Å². The number of anilines is 5. The molecule has 0 radical (unpaired) electrons. The number of carbonyl (C=O) groups is 5. The van der Waals surface area contributed by atoms with Crippen LogP contribution in [0.25, 0.3) is 0 Å². The number of rotatable bonds is 13. The lowest BCUT2D eigenvalue weighted by molar-refractivity contribution is -0.147. The molecule has 370 valence electrons. The van der Waals surface area contributed by atoms with Gasteiger partial charge in [0.25, 0.3) is 11.8 Å². The van der Waals surface area contributed by atoms with E-state index in [1.807, 2.05) is 47.4 Å². The molecule has 2 atom stereocenters. The molecule has 4 amide bonds. The van der Waals surface area contributed by atoms with E-state index in [0.717, 1.165) is 36.5 Å². The van der Waals surface area contributed by atoms with Crippen LogP contribution in [0.3, 0.4) is 0 Å². The van der Waals surface area contributed by atoms with Crippen LogP contribution in [0.1, 0.15) is 48.0 Å². The first-order valence-corrected chi connectivity index (χ1v) is 26.2. The van der Waals surface area contributed by atoms with Gasteiger partial charge < -0.3 is 39.4 Å². The van der Waals surface area contributed by atoms with Crippen LogP contribution in [0.5, 0.6) is 11.5 Å². The molecule has 1 unspecified atom stereocenters. The Balaban J connectivity index is 0.759. The Morgan fingerprint density at radius 2 is 1.69 bits per heavy atom. The number of amides is 4. The number of hydrogen-bond acceptors (Lipinski definition) is 15. The van der Waals surface area contributed by atoms with E-state index in [0.29, 0.717) is 71.1 Å². The Bertz CT molecular complexity index is 2770. The number of fused-ring (bicyclic) bond motifs is 1. The Hall–Kier alpha value is -6.21. The lowest BCUT2D eigenvalue weighted by atomic mass is 10.0. The molecular formula is C48H54ClF2N10O8P. The van der Waals surface area contributed by atoms with Crippen molar-refractivity contribution < 1.29 is 46.8 Å².